The Bertz CT molecular complexity index is 309. The minimum absolute atomic E-state index is 0.100. The Balaban J connectivity index is 2.22. The van der Waals surface area contributed by atoms with E-state index >= 15 is 0 Å². The molecule has 3 heteroatoms. The second kappa shape index (κ2) is 7.01. The van der Waals surface area contributed by atoms with Gasteiger partial charge in [0.25, 0.3) is 5.97 Å². The molecule has 0 radical (unpaired) electrons. The van der Waals surface area contributed by atoms with Gasteiger partial charge in [-0.2, -0.15) is 0 Å². The van der Waals surface area contributed by atoms with E-state index in [-0.39, 0.29) is 5.97 Å². The third-order valence-corrected chi connectivity index (χ3v) is 3.23. The van der Waals surface area contributed by atoms with Crippen LogP contribution in [0, 0.1) is 0 Å². The number of benzene rings is 1. The molecular weight excluding hydrogens is 204 g/mol. The second-order valence-electron chi connectivity index (χ2n) is 3.31. The fraction of sp³-hybridized carbons (Fsp3) is 0.250. The van der Waals surface area contributed by atoms with E-state index in [1.54, 1.807) is 0 Å². The SMILES string of the molecule is C=CCC[SiH2]OC(=O)Cc1ccccc1. The standard InChI is InChI=1S/C12H16O2Si/c1-2-3-9-15-14-12(13)10-11-7-5-4-6-8-11/h2,4-8H,1,3,9-10,15H2. The monoisotopic (exact) mass is 220 g/mol. The van der Waals surface area contributed by atoms with Crippen molar-refractivity contribution < 1.29 is 9.22 Å². The van der Waals surface area contributed by atoms with Crippen molar-refractivity contribution in [2.24, 2.45) is 0 Å². The Labute approximate surface area is 92.9 Å². The van der Waals surface area contributed by atoms with Crippen LogP contribution in [-0.4, -0.2) is 15.7 Å². The molecule has 15 heavy (non-hydrogen) atoms. The van der Waals surface area contributed by atoms with Gasteiger partial charge in [0.2, 0.25) is 9.76 Å². The molecule has 2 nitrogen and oxygen atoms in total. The van der Waals surface area contributed by atoms with Gasteiger partial charge in [-0.3, -0.25) is 4.79 Å². The summed E-state index contributed by atoms with van der Waals surface area (Å²) in [6.45, 7) is 3.63. The lowest BCUT2D eigenvalue weighted by molar-refractivity contribution is -0.133. The Hall–Kier alpha value is -1.35. The average Bonchev–Trinajstić information content (AvgIpc) is 2.26. The minimum Gasteiger partial charge on any atom is -0.525 e. The molecule has 0 fully saturated rings. The average molecular weight is 220 g/mol. The summed E-state index contributed by atoms with van der Waals surface area (Å²) >= 11 is 0. The van der Waals surface area contributed by atoms with Gasteiger partial charge in [-0.15, -0.1) is 6.58 Å². The Morgan fingerprint density at radius 3 is 2.80 bits per heavy atom. The maximum absolute atomic E-state index is 11.4. The van der Waals surface area contributed by atoms with Crippen LogP contribution in [-0.2, 0) is 15.6 Å². The first-order valence-corrected chi connectivity index (χ1v) is 6.71. The molecule has 1 rings (SSSR count). The van der Waals surface area contributed by atoms with Gasteiger partial charge in [-0.25, -0.2) is 0 Å². The van der Waals surface area contributed by atoms with Crippen LogP contribution in [0.5, 0.6) is 0 Å². The van der Waals surface area contributed by atoms with E-state index in [2.05, 4.69) is 6.58 Å². The minimum atomic E-state index is -0.684. The molecule has 80 valence electrons. The molecule has 0 aliphatic heterocycles. The summed E-state index contributed by atoms with van der Waals surface area (Å²) in [5.41, 5.74) is 1.01. The fourth-order valence-corrected chi connectivity index (χ4v) is 2.16. The molecule has 0 spiro atoms. The van der Waals surface area contributed by atoms with Gasteiger partial charge in [-0.05, 0) is 18.0 Å². The van der Waals surface area contributed by atoms with Crippen molar-refractivity contribution in [1.82, 2.24) is 0 Å². The molecule has 1 aromatic carbocycles. The Morgan fingerprint density at radius 2 is 2.13 bits per heavy atom. The maximum Gasteiger partial charge on any atom is 0.296 e. The molecular formula is C12H16O2Si. The normalized spacial score (nSPS) is 10.4. The lowest BCUT2D eigenvalue weighted by atomic mass is 10.2. The number of rotatable bonds is 6. The van der Waals surface area contributed by atoms with Crippen LogP contribution in [0.2, 0.25) is 6.04 Å². The maximum atomic E-state index is 11.4. The van der Waals surface area contributed by atoms with Gasteiger partial charge >= 0.3 is 0 Å². The van der Waals surface area contributed by atoms with Gasteiger partial charge in [-0.1, -0.05) is 36.4 Å². The zero-order chi connectivity index (χ0) is 10.9. The van der Waals surface area contributed by atoms with Crippen LogP contribution in [0.1, 0.15) is 12.0 Å². The van der Waals surface area contributed by atoms with E-state index in [0.29, 0.717) is 6.42 Å². The summed E-state index contributed by atoms with van der Waals surface area (Å²) < 4.78 is 5.20. The summed E-state index contributed by atoms with van der Waals surface area (Å²) in [6, 6.07) is 10.7. The number of hydrogen-bond donors (Lipinski definition) is 0. The third-order valence-electron chi connectivity index (χ3n) is 2.01. The van der Waals surface area contributed by atoms with Crippen molar-refractivity contribution in [2.45, 2.75) is 18.9 Å². The van der Waals surface area contributed by atoms with E-state index in [9.17, 15) is 4.79 Å². The topological polar surface area (TPSA) is 26.3 Å². The van der Waals surface area contributed by atoms with Gasteiger partial charge in [0.1, 0.15) is 0 Å². The molecule has 0 aliphatic carbocycles. The highest BCUT2D eigenvalue weighted by atomic mass is 28.2. The van der Waals surface area contributed by atoms with Crippen molar-refractivity contribution in [3.8, 4) is 0 Å². The number of allylic oxidation sites excluding steroid dienone is 1. The van der Waals surface area contributed by atoms with Crippen molar-refractivity contribution in [3.05, 3.63) is 48.6 Å². The predicted octanol–water partition coefficient (Wildman–Crippen LogP) is 1.85. The molecule has 0 bridgehead atoms. The summed E-state index contributed by atoms with van der Waals surface area (Å²) in [7, 11) is -0.684. The zero-order valence-electron chi connectivity index (χ0n) is 8.82. The molecule has 0 saturated carbocycles. The highest BCUT2D eigenvalue weighted by molar-refractivity contribution is 6.30. The van der Waals surface area contributed by atoms with Crippen LogP contribution < -0.4 is 0 Å². The van der Waals surface area contributed by atoms with Crippen LogP contribution in [0.4, 0.5) is 0 Å². The van der Waals surface area contributed by atoms with Gasteiger partial charge in [0.15, 0.2) is 0 Å². The number of hydrogen-bond acceptors (Lipinski definition) is 2. The second-order valence-corrected chi connectivity index (χ2v) is 4.72. The molecule has 0 aliphatic rings. The van der Waals surface area contributed by atoms with Crippen molar-refractivity contribution in [3.63, 3.8) is 0 Å². The molecule has 0 saturated heterocycles. The first kappa shape index (κ1) is 11.7. The van der Waals surface area contributed by atoms with E-state index in [4.69, 9.17) is 4.43 Å². The first-order valence-electron chi connectivity index (χ1n) is 5.13. The molecule has 0 aromatic heterocycles. The predicted molar refractivity (Wildman–Crippen MR) is 64.4 cm³/mol. The molecule has 0 unspecified atom stereocenters. The zero-order valence-corrected chi connectivity index (χ0v) is 10.2. The smallest absolute Gasteiger partial charge is 0.296 e. The third kappa shape index (κ3) is 5.17. The number of carbonyl (C=O) groups is 1. The lowest BCUT2D eigenvalue weighted by Gasteiger charge is -2.03. The number of carbonyl (C=O) groups excluding carboxylic acids is 1. The van der Waals surface area contributed by atoms with E-state index in [1.165, 1.54) is 0 Å². The molecule has 0 N–H and O–H groups in total. The lowest BCUT2D eigenvalue weighted by Crippen LogP contribution is -2.10. The van der Waals surface area contributed by atoms with Crippen LogP contribution in [0.3, 0.4) is 0 Å². The summed E-state index contributed by atoms with van der Waals surface area (Å²) in [4.78, 5) is 11.4. The molecule has 0 heterocycles. The first-order chi connectivity index (χ1) is 7.33. The molecule has 0 atom stereocenters. The quantitative estimate of drug-likeness (QED) is 0.415. The highest BCUT2D eigenvalue weighted by Gasteiger charge is 2.03. The van der Waals surface area contributed by atoms with E-state index in [1.807, 2.05) is 36.4 Å². The Morgan fingerprint density at radius 1 is 1.40 bits per heavy atom. The van der Waals surface area contributed by atoms with Crippen LogP contribution in [0.15, 0.2) is 43.0 Å². The largest absolute Gasteiger partial charge is 0.525 e. The Kier molecular flexibility index (Phi) is 5.48. The molecule has 0 amide bonds. The van der Waals surface area contributed by atoms with E-state index < -0.39 is 9.76 Å². The van der Waals surface area contributed by atoms with Crippen LogP contribution in [0.25, 0.3) is 0 Å². The summed E-state index contributed by atoms with van der Waals surface area (Å²) in [5, 5.41) is 0. The summed E-state index contributed by atoms with van der Waals surface area (Å²) in [5.74, 6) is -0.100. The highest BCUT2D eigenvalue weighted by Crippen LogP contribution is 2.01. The van der Waals surface area contributed by atoms with Gasteiger partial charge in [0, 0.05) is 0 Å². The van der Waals surface area contributed by atoms with Gasteiger partial charge in [0.05, 0.1) is 6.42 Å². The van der Waals surface area contributed by atoms with Crippen molar-refractivity contribution in [2.75, 3.05) is 0 Å². The summed E-state index contributed by atoms with van der Waals surface area (Å²) in [6.07, 6.45) is 3.20. The van der Waals surface area contributed by atoms with Gasteiger partial charge < -0.3 is 4.43 Å². The van der Waals surface area contributed by atoms with Crippen LogP contribution >= 0.6 is 0 Å². The van der Waals surface area contributed by atoms with Crippen molar-refractivity contribution in [1.29, 1.82) is 0 Å². The molecule has 1 aromatic rings. The fourth-order valence-electron chi connectivity index (χ4n) is 1.23. The van der Waals surface area contributed by atoms with Crippen molar-refractivity contribution >= 4 is 15.7 Å². The van der Waals surface area contributed by atoms with E-state index in [0.717, 1.165) is 18.0 Å².